The Morgan fingerprint density at radius 1 is 1.53 bits per heavy atom. The van der Waals surface area contributed by atoms with Crippen molar-refractivity contribution in [1.29, 1.82) is 0 Å². The average molecular weight is 268 g/mol. The molecule has 5 heteroatoms. The second kappa shape index (κ2) is 6.21. The Balaban J connectivity index is 1.88. The molecule has 0 radical (unpaired) electrons. The molecule has 1 unspecified atom stereocenters. The van der Waals surface area contributed by atoms with E-state index in [2.05, 4.69) is 18.7 Å². The van der Waals surface area contributed by atoms with E-state index >= 15 is 0 Å². The largest absolute Gasteiger partial charge is 0.488 e. The summed E-state index contributed by atoms with van der Waals surface area (Å²) in [7, 11) is 0. The quantitative estimate of drug-likeness (QED) is 0.847. The van der Waals surface area contributed by atoms with Crippen LogP contribution in [-0.2, 0) is 4.74 Å². The van der Waals surface area contributed by atoms with Crippen molar-refractivity contribution in [2.24, 2.45) is 0 Å². The molecular formula is C14H21FN2O2. The molecule has 0 bridgehead atoms. The van der Waals surface area contributed by atoms with Gasteiger partial charge in [-0.15, -0.1) is 0 Å². The Labute approximate surface area is 113 Å². The monoisotopic (exact) mass is 268 g/mol. The van der Waals surface area contributed by atoms with Crippen LogP contribution in [0.4, 0.5) is 10.1 Å². The van der Waals surface area contributed by atoms with Gasteiger partial charge in [-0.2, -0.15) is 0 Å². The molecule has 106 valence electrons. The van der Waals surface area contributed by atoms with Crippen molar-refractivity contribution >= 4 is 5.69 Å². The lowest BCUT2D eigenvalue weighted by molar-refractivity contribution is -0.0568. The summed E-state index contributed by atoms with van der Waals surface area (Å²) >= 11 is 0. The highest BCUT2D eigenvalue weighted by Gasteiger charge is 2.23. The number of morpholine rings is 1. The maximum atomic E-state index is 13.6. The molecule has 19 heavy (non-hydrogen) atoms. The topological polar surface area (TPSA) is 47.7 Å². The molecule has 0 aromatic heterocycles. The summed E-state index contributed by atoms with van der Waals surface area (Å²) in [6, 6.07) is 4.92. The van der Waals surface area contributed by atoms with Crippen LogP contribution in [0.5, 0.6) is 5.75 Å². The second-order valence-electron chi connectivity index (χ2n) is 5.08. The van der Waals surface area contributed by atoms with Crippen molar-refractivity contribution in [2.75, 3.05) is 32.0 Å². The predicted octanol–water partition coefficient (Wildman–Crippen LogP) is 1.90. The first-order valence-corrected chi connectivity index (χ1v) is 6.59. The van der Waals surface area contributed by atoms with Crippen LogP contribution < -0.4 is 10.5 Å². The lowest BCUT2D eigenvalue weighted by Crippen LogP contribution is -2.47. The van der Waals surface area contributed by atoms with Gasteiger partial charge in [-0.25, -0.2) is 4.39 Å². The molecule has 0 aliphatic carbocycles. The summed E-state index contributed by atoms with van der Waals surface area (Å²) in [5.41, 5.74) is 5.88. The van der Waals surface area contributed by atoms with Gasteiger partial charge in [0.25, 0.3) is 0 Å². The molecule has 1 atom stereocenters. The van der Waals surface area contributed by atoms with Gasteiger partial charge in [-0.05, 0) is 26.0 Å². The zero-order chi connectivity index (χ0) is 13.8. The summed E-state index contributed by atoms with van der Waals surface area (Å²) in [6.45, 7) is 7.10. The second-order valence-corrected chi connectivity index (χ2v) is 5.08. The fraction of sp³-hybridized carbons (Fsp3) is 0.571. The molecule has 2 rings (SSSR count). The van der Waals surface area contributed by atoms with Gasteiger partial charge < -0.3 is 15.2 Å². The smallest absolute Gasteiger partial charge is 0.167 e. The zero-order valence-corrected chi connectivity index (χ0v) is 11.4. The minimum absolute atomic E-state index is 0.0203. The van der Waals surface area contributed by atoms with Crippen LogP contribution in [0.2, 0.25) is 0 Å². The average Bonchev–Trinajstić information content (AvgIpc) is 2.38. The maximum Gasteiger partial charge on any atom is 0.167 e. The fourth-order valence-electron chi connectivity index (χ4n) is 2.13. The number of hydrogen-bond donors (Lipinski definition) is 1. The first-order valence-electron chi connectivity index (χ1n) is 6.59. The van der Waals surface area contributed by atoms with Crippen molar-refractivity contribution in [3.63, 3.8) is 0 Å². The normalized spacial score (nSPS) is 20.7. The van der Waals surface area contributed by atoms with E-state index in [1.807, 2.05) is 0 Å². The van der Waals surface area contributed by atoms with Crippen molar-refractivity contribution in [1.82, 2.24) is 4.90 Å². The van der Waals surface area contributed by atoms with Gasteiger partial charge in [-0.3, -0.25) is 4.90 Å². The first-order chi connectivity index (χ1) is 9.06. The number of nitrogen functional groups attached to an aromatic ring is 1. The van der Waals surface area contributed by atoms with E-state index in [1.54, 1.807) is 12.1 Å². The number of ether oxygens (including phenoxy) is 2. The number of benzene rings is 1. The molecule has 1 aromatic rings. The first kappa shape index (κ1) is 14.1. The van der Waals surface area contributed by atoms with Crippen molar-refractivity contribution in [3.8, 4) is 5.75 Å². The Hall–Kier alpha value is -1.33. The molecule has 0 spiro atoms. The number of anilines is 1. The Morgan fingerprint density at radius 2 is 2.32 bits per heavy atom. The predicted molar refractivity (Wildman–Crippen MR) is 72.8 cm³/mol. The lowest BCUT2D eigenvalue weighted by atomic mass is 10.2. The molecule has 1 saturated heterocycles. The molecule has 0 saturated carbocycles. The minimum atomic E-state index is -0.434. The van der Waals surface area contributed by atoms with Gasteiger partial charge in [0.1, 0.15) is 12.7 Å². The lowest BCUT2D eigenvalue weighted by Gasteiger charge is -2.35. The van der Waals surface area contributed by atoms with Gasteiger partial charge in [0.2, 0.25) is 0 Å². The molecule has 1 aromatic carbocycles. The third-order valence-corrected chi connectivity index (χ3v) is 3.28. The van der Waals surface area contributed by atoms with E-state index in [-0.39, 0.29) is 11.9 Å². The number of hydrogen-bond acceptors (Lipinski definition) is 4. The molecule has 2 N–H and O–H groups in total. The molecule has 1 aliphatic rings. The molecule has 1 heterocycles. The molecule has 4 nitrogen and oxygen atoms in total. The Morgan fingerprint density at radius 3 is 3.00 bits per heavy atom. The van der Waals surface area contributed by atoms with Gasteiger partial charge in [-0.1, -0.05) is 0 Å². The number of nitrogens with zero attached hydrogens (tertiary/aromatic N) is 1. The van der Waals surface area contributed by atoms with E-state index in [4.69, 9.17) is 15.2 Å². The van der Waals surface area contributed by atoms with Gasteiger partial charge in [0.05, 0.1) is 6.61 Å². The van der Waals surface area contributed by atoms with E-state index in [1.165, 1.54) is 6.07 Å². The summed E-state index contributed by atoms with van der Waals surface area (Å²) < 4.78 is 24.7. The van der Waals surface area contributed by atoms with E-state index in [9.17, 15) is 4.39 Å². The van der Waals surface area contributed by atoms with Crippen LogP contribution >= 0.6 is 0 Å². The third kappa shape index (κ3) is 3.81. The van der Waals surface area contributed by atoms with E-state index < -0.39 is 5.82 Å². The van der Waals surface area contributed by atoms with Gasteiger partial charge in [0.15, 0.2) is 11.6 Å². The number of nitrogens with two attached hydrogens (primary N) is 1. The van der Waals surface area contributed by atoms with Gasteiger partial charge >= 0.3 is 0 Å². The molecular weight excluding hydrogens is 247 g/mol. The number of halogens is 1. The summed E-state index contributed by atoms with van der Waals surface area (Å²) in [5.74, 6) is -0.212. The standard InChI is InChI=1S/C14H21FN2O2/c1-10(2)17-5-6-18-12(8-17)9-19-14-4-3-11(16)7-13(14)15/h3-4,7,10,12H,5-6,8-9,16H2,1-2H3. The van der Waals surface area contributed by atoms with Crippen LogP contribution in [0.3, 0.4) is 0 Å². The minimum Gasteiger partial charge on any atom is -0.488 e. The SMILES string of the molecule is CC(C)N1CCOC(COc2ccc(N)cc2F)C1. The van der Waals surface area contributed by atoms with Crippen LogP contribution in [-0.4, -0.2) is 43.3 Å². The molecule has 1 fully saturated rings. The summed E-state index contributed by atoms with van der Waals surface area (Å²) in [5, 5.41) is 0. The molecule has 0 amide bonds. The highest BCUT2D eigenvalue weighted by molar-refractivity contribution is 5.42. The molecule has 1 aliphatic heterocycles. The Bertz CT molecular complexity index is 426. The summed E-state index contributed by atoms with van der Waals surface area (Å²) in [4.78, 5) is 2.33. The number of rotatable bonds is 4. The fourth-order valence-corrected chi connectivity index (χ4v) is 2.13. The van der Waals surface area contributed by atoms with E-state index in [0.717, 1.165) is 13.1 Å². The summed E-state index contributed by atoms with van der Waals surface area (Å²) in [6.07, 6.45) is -0.0203. The van der Waals surface area contributed by atoms with Gasteiger partial charge in [0, 0.05) is 30.9 Å². The Kier molecular flexibility index (Phi) is 4.61. The van der Waals surface area contributed by atoms with Crippen LogP contribution in [0.15, 0.2) is 18.2 Å². The van der Waals surface area contributed by atoms with Crippen molar-refractivity contribution in [3.05, 3.63) is 24.0 Å². The van der Waals surface area contributed by atoms with Crippen LogP contribution in [0, 0.1) is 5.82 Å². The van der Waals surface area contributed by atoms with Crippen molar-refractivity contribution in [2.45, 2.75) is 26.0 Å². The maximum absolute atomic E-state index is 13.6. The third-order valence-electron chi connectivity index (χ3n) is 3.28. The van der Waals surface area contributed by atoms with Crippen LogP contribution in [0.1, 0.15) is 13.8 Å². The zero-order valence-electron chi connectivity index (χ0n) is 11.4. The van der Waals surface area contributed by atoms with Crippen LogP contribution in [0.25, 0.3) is 0 Å². The van der Waals surface area contributed by atoms with Crippen molar-refractivity contribution < 1.29 is 13.9 Å². The highest BCUT2D eigenvalue weighted by Crippen LogP contribution is 2.20. The highest BCUT2D eigenvalue weighted by atomic mass is 19.1. The van der Waals surface area contributed by atoms with E-state index in [0.29, 0.717) is 24.9 Å².